The summed E-state index contributed by atoms with van der Waals surface area (Å²) >= 11 is 0. The first-order chi connectivity index (χ1) is 15.6. The third-order valence-electron chi connectivity index (χ3n) is 6.58. The van der Waals surface area contributed by atoms with Crippen molar-refractivity contribution in [2.45, 2.75) is 45.6 Å². The highest BCUT2D eigenvalue weighted by molar-refractivity contribution is 6.07. The Balaban J connectivity index is 1.56. The molecule has 0 bridgehead atoms. The highest BCUT2D eigenvalue weighted by Crippen LogP contribution is 2.29. The highest BCUT2D eigenvalue weighted by atomic mass is 16.2. The smallest absolute Gasteiger partial charge is 0.254 e. The van der Waals surface area contributed by atoms with Crippen LogP contribution >= 0.6 is 0 Å². The van der Waals surface area contributed by atoms with E-state index in [2.05, 4.69) is 32.0 Å². The first-order valence-electron chi connectivity index (χ1n) is 11.7. The van der Waals surface area contributed by atoms with Crippen LogP contribution in [0.15, 0.2) is 66.7 Å². The zero-order chi connectivity index (χ0) is 22.5. The summed E-state index contributed by atoms with van der Waals surface area (Å²) in [5.74, 6) is -0.0339. The van der Waals surface area contributed by atoms with E-state index < -0.39 is 0 Å². The van der Waals surface area contributed by atoms with Gasteiger partial charge in [0.25, 0.3) is 5.91 Å². The maximum atomic E-state index is 13.6. The predicted octanol–water partition coefficient (Wildman–Crippen LogP) is 5.62. The molecule has 1 aliphatic heterocycles. The summed E-state index contributed by atoms with van der Waals surface area (Å²) in [6.45, 7) is 5.65. The van der Waals surface area contributed by atoms with Crippen LogP contribution in [0.4, 0.5) is 0 Å². The van der Waals surface area contributed by atoms with Crippen LogP contribution < -0.4 is 0 Å². The van der Waals surface area contributed by atoms with Crippen molar-refractivity contribution in [3.05, 3.63) is 83.4 Å². The van der Waals surface area contributed by atoms with Crippen molar-refractivity contribution in [1.82, 2.24) is 9.80 Å². The molecule has 1 atom stereocenters. The van der Waals surface area contributed by atoms with Crippen LogP contribution in [0.1, 0.15) is 60.6 Å². The van der Waals surface area contributed by atoms with Gasteiger partial charge >= 0.3 is 0 Å². The summed E-state index contributed by atoms with van der Waals surface area (Å²) in [6.07, 6.45) is 3.88. The largest absolute Gasteiger partial charge is 0.334 e. The van der Waals surface area contributed by atoms with Crippen LogP contribution in [0.3, 0.4) is 0 Å². The summed E-state index contributed by atoms with van der Waals surface area (Å²) in [5, 5.41) is 1.98. The standard InChI is InChI=1S/C28H32N2O2/c1-3-4-9-18-29(28(32)26-16-10-13-22-11-6-8-15-25(22)26)20-27(31)30-19-17-23-12-5-7-14-24(23)21(30)2/h5-8,10-16,21H,3-4,9,17-20H2,1-2H3. The molecule has 166 valence electrons. The van der Waals surface area contributed by atoms with Gasteiger partial charge in [0.05, 0.1) is 6.04 Å². The minimum atomic E-state index is -0.0590. The van der Waals surface area contributed by atoms with E-state index in [0.29, 0.717) is 18.7 Å². The first-order valence-corrected chi connectivity index (χ1v) is 11.7. The molecular formula is C28H32N2O2. The fourth-order valence-electron chi connectivity index (χ4n) is 4.75. The fourth-order valence-corrected chi connectivity index (χ4v) is 4.75. The molecule has 0 aromatic heterocycles. The molecular weight excluding hydrogens is 396 g/mol. The van der Waals surface area contributed by atoms with E-state index in [1.165, 1.54) is 11.1 Å². The lowest BCUT2D eigenvalue weighted by molar-refractivity contribution is -0.134. The average molecular weight is 429 g/mol. The number of carbonyl (C=O) groups excluding carboxylic acids is 2. The quantitative estimate of drug-likeness (QED) is 0.458. The Labute approximate surface area is 190 Å². The number of nitrogens with zero attached hydrogens (tertiary/aromatic N) is 2. The molecule has 1 heterocycles. The Hall–Kier alpha value is -3.14. The number of carbonyl (C=O) groups is 2. The average Bonchev–Trinajstić information content (AvgIpc) is 2.83. The van der Waals surface area contributed by atoms with Crippen molar-refractivity contribution in [2.24, 2.45) is 0 Å². The normalized spacial score (nSPS) is 15.4. The number of benzene rings is 3. The SMILES string of the molecule is CCCCCN(CC(=O)N1CCc2ccccc2C1C)C(=O)c1cccc2ccccc12. The minimum absolute atomic E-state index is 0.0251. The van der Waals surface area contributed by atoms with Crippen molar-refractivity contribution < 1.29 is 9.59 Å². The number of hydrogen-bond donors (Lipinski definition) is 0. The number of hydrogen-bond acceptors (Lipinski definition) is 2. The zero-order valence-electron chi connectivity index (χ0n) is 19.1. The van der Waals surface area contributed by atoms with Crippen LogP contribution in [-0.2, 0) is 11.2 Å². The Bertz CT molecular complexity index is 1100. The van der Waals surface area contributed by atoms with Crippen molar-refractivity contribution in [2.75, 3.05) is 19.6 Å². The molecule has 0 spiro atoms. The van der Waals surface area contributed by atoms with Crippen molar-refractivity contribution in [3.8, 4) is 0 Å². The van der Waals surface area contributed by atoms with Gasteiger partial charge in [-0.3, -0.25) is 9.59 Å². The van der Waals surface area contributed by atoms with E-state index in [1.54, 1.807) is 4.90 Å². The molecule has 4 nitrogen and oxygen atoms in total. The third-order valence-corrected chi connectivity index (χ3v) is 6.58. The molecule has 1 unspecified atom stereocenters. The molecule has 1 aliphatic rings. The van der Waals surface area contributed by atoms with Gasteiger partial charge < -0.3 is 9.80 Å². The van der Waals surface area contributed by atoms with Crippen molar-refractivity contribution in [1.29, 1.82) is 0 Å². The lowest BCUT2D eigenvalue weighted by Crippen LogP contribution is -2.46. The van der Waals surface area contributed by atoms with Crippen LogP contribution in [0.25, 0.3) is 10.8 Å². The molecule has 3 aromatic rings. The summed E-state index contributed by atoms with van der Waals surface area (Å²) in [6, 6.07) is 22.1. The maximum absolute atomic E-state index is 13.6. The monoisotopic (exact) mass is 428 g/mol. The second kappa shape index (κ2) is 9.99. The van der Waals surface area contributed by atoms with Crippen LogP contribution in [0.2, 0.25) is 0 Å². The Kier molecular flexibility index (Phi) is 6.89. The van der Waals surface area contributed by atoms with Crippen molar-refractivity contribution in [3.63, 3.8) is 0 Å². The Morgan fingerprint density at radius 3 is 2.56 bits per heavy atom. The van der Waals surface area contributed by atoms with E-state index in [0.717, 1.165) is 36.5 Å². The van der Waals surface area contributed by atoms with E-state index in [1.807, 2.05) is 53.4 Å². The van der Waals surface area contributed by atoms with E-state index in [4.69, 9.17) is 0 Å². The van der Waals surface area contributed by atoms with E-state index in [9.17, 15) is 9.59 Å². The van der Waals surface area contributed by atoms with Gasteiger partial charge in [-0.15, -0.1) is 0 Å². The van der Waals surface area contributed by atoms with Gasteiger partial charge in [-0.2, -0.15) is 0 Å². The van der Waals surface area contributed by atoms with Gasteiger partial charge in [0.15, 0.2) is 0 Å². The molecule has 4 heteroatoms. The molecule has 4 rings (SSSR count). The summed E-state index contributed by atoms with van der Waals surface area (Å²) in [7, 11) is 0. The van der Waals surface area contributed by atoms with Crippen LogP contribution in [-0.4, -0.2) is 41.2 Å². The lowest BCUT2D eigenvalue weighted by Gasteiger charge is -2.36. The number of unbranched alkanes of at least 4 members (excludes halogenated alkanes) is 2. The maximum Gasteiger partial charge on any atom is 0.254 e. The summed E-state index contributed by atoms with van der Waals surface area (Å²) in [5.41, 5.74) is 3.20. The summed E-state index contributed by atoms with van der Waals surface area (Å²) in [4.78, 5) is 30.7. The molecule has 0 N–H and O–H groups in total. The predicted molar refractivity (Wildman–Crippen MR) is 130 cm³/mol. The molecule has 0 radical (unpaired) electrons. The Morgan fingerprint density at radius 1 is 0.969 bits per heavy atom. The second-order valence-electron chi connectivity index (χ2n) is 8.67. The fraction of sp³-hybridized carbons (Fsp3) is 0.357. The number of rotatable bonds is 7. The Morgan fingerprint density at radius 2 is 1.72 bits per heavy atom. The minimum Gasteiger partial charge on any atom is -0.334 e. The van der Waals surface area contributed by atoms with Gasteiger partial charge in [0.2, 0.25) is 5.91 Å². The van der Waals surface area contributed by atoms with Crippen LogP contribution in [0.5, 0.6) is 0 Å². The van der Waals surface area contributed by atoms with Crippen molar-refractivity contribution >= 4 is 22.6 Å². The van der Waals surface area contributed by atoms with Gasteiger partial charge in [0.1, 0.15) is 6.54 Å². The van der Waals surface area contributed by atoms with Gasteiger partial charge in [-0.05, 0) is 47.7 Å². The van der Waals surface area contributed by atoms with E-state index >= 15 is 0 Å². The first kappa shape index (κ1) is 22.1. The molecule has 32 heavy (non-hydrogen) atoms. The summed E-state index contributed by atoms with van der Waals surface area (Å²) < 4.78 is 0. The molecule has 0 saturated carbocycles. The third kappa shape index (κ3) is 4.55. The highest BCUT2D eigenvalue weighted by Gasteiger charge is 2.29. The van der Waals surface area contributed by atoms with Crippen LogP contribution in [0, 0.1) is 0 Å². The topological polar surface area (TPSA) is 40.6 Å². The second-order valence-corrected chi connectivity index (χ2v) is 8.67. The zero-order valence-corrected chi connectivity index (χ0v) is 19.1. The van der Waals surface area contributed by atoms with Gasteiger partial charge in [-0.25, -0.2) is 0 Å². The van der Waals surface area contributed by atoms with Gasteiger partial charge in [0, 0.05) is 18.7 Å². The number of fused-ring (bicyclic) bond motifs is 2. The number of amides is 2. The molecule has 0 aliphatic carbocycles. The molecule has 0 fully saturated rings. The molecule has 0 saturated heterocycles. The van der Waals surface area contributed by atoms with E-state index in [-0.39, 0.29) is 24.4 Å². The lowest BCUT2D eigenvalue weighted by atomic mass is 9.93. The molecule has 3 aromatic carbocycles. The molecule has 2 amide bonds. The van der Waals surface area contributed by atoms with Gasteiger partial charge in [-0.1, -0.05) is 80.4 Å².